The molecular formula is C10H8Cl2N2O. The summed E-state index contributed by atoms with van der Waals surface area (Å²) in [7, 11) is 1.56. The third kappa shape index (κ3) is 1.58. The molecule has 2 rings (SSSR count). The van der Waals surface area contributed by atoms with E-state index in [0.717, 1.165) is 0 Å². The number of halogens is 2. The number of nitrogens with zero attached hydrogens (tertiary/aromatic N) is 1. The average molecular weight is 243 g/mol. The van der Waals surface area contributed by atoms with E-state index in [1.165, 1.54) is 6.20 Å². The van der Waals surface area contributed by atoms with Crippen LogP contribution in [0, 0.1) is 0 Å². The summed E-state index contributed by atoms with van der Waals surface area (Å²) in [6, 6.07) is 3.44. The molecule has 0 spiro atoms. The highest BCUT2D eigenvalue weighted by Gasteiger charge is 2.12. The Labute approximate surface area is 96.8 Å². The maximum absolute atomic E-state index is 6.08. The topological polar surface area (TPSA) is 48.1 Å². The van der Waals surface area contributed by atoms with E-state index in [4.69, 9.17) is 33.7 Å². The van der Waals surface area contributed by atoms with Gasteiger partial charge in [-0.25, -0.2) is 0 Å². The molecule has 0 aliphatic carbocycles. The fourth-order valence-electron chi connectivity index (χ4n) is 1.39. The van der Waals surface area contributed by atoms with Crippen molar-refractivity contribution in [1.29, 1.82) is 0 Å². The Balaban J connectivity index is 2.95. The second-order valence-electron chi connectivity index (χ2n) is 3.00. The summed E-state index contributed by atoms with van der Waals surface area (Å²) in [6.45, 7) is 0. The summed E-state index contributed by atoms with van der Waals surface area (Å²) in [4.78, 5) is 4.13. The maximum atomic E-state index is 6.08. The largest absolute Gasteiger partial charge is 0.496 e. The molecular weight excluding hydrogens is 235 g/mol. The fraction of sp³-hybridized carbons (Fsp3) is 0.100. The van der Waals surface area contributed by atoms with Gasteiger partial charge < -0.3 is 10.5 Å². The number of fused-ring (bicyclic) bond motifs is 1. The quantitative estimate of drug-likeness (QED) is 0.836. The average Bonchev–Trinajstić information content (AvgIpc) is 2.24. The molecule has 2 N–H and O–H groups in total. The lowest BCUT2D eigenvalue weighted by Crippen LogP contribution is -1.93. The van der Waals surface area contributed by atoms with E-state index in [9.17, 15) is 0 Å². The second kappa shape index (κ2) is 3.76. The first-order valence-corrected chi connectivity index (χ1v) is 4.97. The molecule has 15 heavy (non-hydrogen) atoms. The molecule has 78 valence electrons. The van der Waals surface area contributed by atoms with Gasteiger partial charge in [-0.05, 0) is 12.1 Å². The SMILES string of the molecule is COc1ccc(Cl)c2ncc(N)c(Cl)c12. The molecule has 1 heterocycles. The summed E-state index contributed by atoms with van der Waals surface area (Å²) < 4.78 is 5.18. The van der Waals surface area contributed by atoms with Crippen LogP contribution in [0.4, 0.5) is 5.69 Å². The van der Waals surface area contributed by atoms with Crippen molar-refractivity contribution in [2.45, 2.75) is 0 Å². The van der Waals surface area contributed by atoms with Gasteiger partial charge >= 0.3 is 0 Å². The smallest absolute Gasteiger partial charge is 0.129 e. The summed E-state index contributed by atoms with van der Waals surface area (Å²) in [5.41, 5.74) is 6.67. The summed E-state index contributed by atoms with van der Waals surface area (Å²) in [6.07, 6.45) is 1.48. The highest BCUT2D eigenvalue weighted by atomic mass is 35.5. The number of hydrogen-bond acceptors (Lipinski definition) is 3. The second-order valence-corrected chi connectivity index (χ2v) is 3.79. The van der Waals surface area contributed by atoms with Gasteiger partial charge in [-0.1, -0.05) is 23.2 Å². The van der Waals surface area contributed by atoms with E-state index in [1.54, 1.807) is 19.2 Å². The van der Waals surface area contributed by atoms with Gasteiger partial charge in [0.25, 0.3) is 0 Å². The van der Waals surface area contributed by atoms with Gasteiger partial charge in [0.2, 0.25) is 0 Å². The monoisotopic (exact) mass is 242 g/mol. The predicted octanol–water partition coefficient (Wildman–Crippen LogP) is 3.13. The summed E-state index contributed by atoms with van der Waals surface area (Å²) >= 11 is 12.1. The molecule has 0 fully saturated rings. The molecule has 0 aliphatic heterocycles. The molecule has 0 aliphatic rings. The van der Waals surface area contributed by atoms with Crippen LogP contribution in [0.1, 0.15) is 0 Å². The van der Waals surface area contributed by atoms with Crippen molar-refractivity contribution in [2.75, 3.05) is 12.8 Å². The number of aromatic nitrogens is 1. The zero-order valence-electron chi connectivity index (χ0n) is 7.92. The van der Waals surface area contributed by atoms with Crippen molar-refractivity contribution in [1.82, 2.24) is 4.98 Å². The first kappa shape index (κ1) is 10.3. The lowest BCUT2D eigenvalue weighted by molar-refractivity contribution is 0.420. The molecule has 0 saturated heterocycles. The Hall–Kier alpha value is -1.19. The Kier molecular flexibility index (Phi) is 2.59. The molecule has 0 saturated carbocycles. The predicted molar refractivity (Wildman–Crippen MR) is 62.7 cm³/mol. The first-order valence-electron chi connectivity index (χ1n) is 4.21. The van der Waals surface area contributed by atoms with Crippen molar-refractivity contribution in [3.63, 3.8) is 0 Å². The first-order chi connectivity index (χ1) is 7.15. The van der Waals surface area contributed by atoms with Crippen LogP contribution in [-0.4, -0.2) is 12.1 Å². The number of nitrogens with two attached hydrogens (primary N) is 1. The number of nitrogen functional groups attached to an aromatic ring is 1. The van der Waals surface area contributed by atoms with Gasteiger partial charge in [0.1, 0.15) is 5.75 Å². The zero-order chi connectivity index (χ0) is 11.0. The van der Waals surface area contributed by atoms with Crippen LogP contribution in [0.2, 0.25) is 10.0 Å². The summed E-state index contributed by atoms with van der Waals surface area (Å²) in [5.74, 6) is 0.610. The van der Waals surface area contributed by atoms with Gasteiger partial charge in [0, 0.05) is 0 Å². The number of pyridine rings is 1. The Bertz CT molecular complexity index is 528. The minimum Gasteiger partial charge on any atom is -0.496 e. The molecule has 0 amide bonds. The van der Waals surface area contributed by atoms with Crippen molar-refractivity contribution in [3.05, 3.63) is 28.4 Å². The van der Waals surface area contributed by atoms with Crippen molar-refractivity contribution in [3.8, 4) is 5.75 Å². The Morgan fingerprint density at radius 1 is 1.33 bits per heavy atom. The third-order valence-electron chi connectivity index (χ3n) is 2.12. The van der Waals surface area contributed by atoms with E-state index in [1.807, 2.05) is 0 Å². The van der Waals surface area contributed by atoms with E-state index in [2.05, 4.69) is 4.98 Å². The van der Waals surface area contributed by atoms with Crippen LogP contribution in [0.3, 0.4) is 0 Å². The standard InChI is InChI=1S/C10H8Cl2N2O/c1-15-7-3-2-5(11)10-8(7)9(12)6(13)4-14-10/h2-4H,13H2,1H3. The van der Waals surface area contributed by atoms with Crippen LogP contribution < -0.4 is 10.5 Å². The Morgan fingerprint density at radius 2 is 2.07 bits per heavy atom. The minimum absolute atomic E-state index is 0.407. The van der Waals surface area contributed by atoms with E-state index in [-0.39, 0.29) is 0 Å². The van der Waals surface area contributed by atoms with Crippen LogP contribution in [0.5, 0.6) is 5.75 Å². The maximum Gasteiger partial charge on any atom is 0.129 e. The van der Waals surface area contributed by atoms with Gasteiger partial charge in [-0.3, -0.25) is 4.98 Å². The van der Waals surface area contributed by atoms with Gasteiger partial charge in [0.15, 0.2) is 0 Å². The lowest BCUT2D eigenvalue weighted by Gasteiger charge is -2.09. The molecule has 0 unspecified atom stereocenters. The van der Waals surface area contributed by atoms with E-state index >= 15 is 0 Å². The summed E-state index contributed by atoms with van der Waals surface area (Å²) in [5, 5.41) is 1.58. The Morgan fingerprint density at radius 3 is 2.73 bits per heavy atom. The van der Waals surface area contributed by atoms with E-state index < -0.39 is 0 Å². The lowest BCUT2D eigenvalue weighted by atomic mass is 10.2. The van der Waals surface area contributed by atoms with Crippen LogP contribution >= 0.6 is 23.2 Å². The number of hydrogen-bond donors (Lipinski definition) is 1. The molecule has 3 nitrogen and oxygen atoms in total. The molecule has 5 heteroatoms. The van der Waals surface area contributed by atoms with Crippen molar-refractivity contribution >= 4 is 39.8 Å². The molecule has 0 radical (unpaired) electrons. The zero-order valence-corrected chi connectivity index (χ0v) is 9.43. The molecule has 0 bridgehead atoms. The third-order valence-corrected chi connectivity index (χ3v) is 2.83. The van der Waals surface area contributed by atoms with Crippen LogP contribution in [0.15, 0.2) is 18.3 Å². The number of anilines is 1. The molecule has 1 aromatic carbocycles. The number of ether oxygens (including phenoxy) is 1. The van der Waals surface area contributed by atoms with Crippen LogP contribution in [-0.2, 0) is 0 Å². The normalized spacial score (nSPS) is 10.6. The van der Waals surface area contributed by atoms with Crippen molar-refractivity contribution < 1.29 is 4.74 Å². The number of methoxy groups -OCH3 is 1. The fourth-order valence-corrected chi connectivity index (χ4v) is 1.83. The van der Waals surface area contributed by atoms with Gasteiger partial charge in [0.05, 0.1) is 39.9 Å². The number of rotatable bonds is 1. The number of benzene rings is 1. The minimum atomic E-state index is 0.407. The molecule has 2 aromatic rings. The highest BCUT2D eigenvalue weighted by molar-refractivity contribution is 6.41. The van der Waals surface area contributed by atoms with Gasteiger partial charge in [-0.2, -0.15) is 0 Å². The van der Waals surface area contributed by atoms with Crippen molar-refractivity contribution in [2.24, 2.45) is 0 Å². The highest BCUT2D eigenvalue weighted by Crippen LogP contribution is 2.37. The molecule has 0 atom stereocenters. The van der Waals surface area contributed by atoms with Gasteiger partial charge in [-0.15, -0.1) is 0 Å². The molecule has 1 aromatic heterocycles. The van der Waals surface area contributed by atoms with E-state index in [0.29, 0.717) is 32.4 Å². The van der Waals surface area contributed by atoms with Crippen LogP contribution in [0.25, 0.3) is 10.9 Å².